The van der Waals surface area contributed by atoms with Gasteiger partial charge in [0.25, 0.3) is 0 Å². The van der Waals surface area contributed by atoms with Gasteiger partial charge in [0.2, 0.25) is 4.74 Å². The fraction of sp³-hybridized carbons (Fsp3) is 0. The van der Waals surface area contributed by atoms with Gasteiger partial charge < -0.3 is 13.7 Å². The van der Waals surface area contributed by atoms with Crippen LogP contribution < -0.4 is 4.74 Å². The first-order valence-corrected chi connectivity index (χ1v) is 24.2. The number of benzene rings is 10. The van der Waals surface area contributed by atoms with E-state index in [-0.39, 0.29) is 4.74 Å². The van der Waals surface area contributed by atoms with Crippen molar-refractivity contribution in [2.75, 3.05) is 0 Å². The number of hydrogen-bond acceptors (Lipinski definition) is 3. The normalized spacial score (nSPS) is 11.8. The molecule has 14 aromatic rings. The molecule has 70 heavy (non-hydrogen) atoms. The second-order valence-electron chi connectivity index (χ2n) is 17.9. The molecule has 4 aromatic heterocycles. The molecule has 0 atom stereocenters. The largest absolute Gasteiger partial charge is 0.309 e. The summed E-state index contributed by atoms with van der Waals surface area (Å²) in [4.78, 5) is 13.8. The van der Waals surface area contributed by atoms with Crippen molar-refractivity contribution in [2.45, 2.75) is 0 Å². The standard InChI is InChI=1S/C64H38N4OS/c65-39-43-37-61(69)70-64-62(42-29-35-46(36-30-42)68-59-23-11-5-17-51(59)52-18-6-12-24-60(52)68)53(40-25-31-44(32-26-40)66-55-19-7-1-13-47(55)48-14-2-8-20-56(48)66)38-54(63(43)64)41-27-33-45(34-28-41)67-57-21-9-3-15-49(57)50-16-4-10-22-58(50)67/h1-38H. The second kappa shape index (κ2) is 15.6. The predicted octanol–water partition coefficient (Wildman–Crippen LogP) is 16.4. The number of nitrogens with zero attached hydrogens (tertiary/aromatic N) is 4. The van der Waals surface area contributed by atoms with Gasteiger partial charge in [-0.25, -0.2) is 0 Å². The van der Waals surface area contributed by atoms with Gasteiger partial charge in [-0.15, -0.1) is 0 Å². The molecule has 6 heteroatoms. The first kappa shape index (κ1) is 39.8. The van der Waals surface area contributed by atoms with E-state index < -0.39 is 0 Å². The maximum absolute atomic E-state index is 13.8. The van der Waals surface area contributed by atoms with E-state index in [9.17, 15) is 10.1 Å². The van der Waals surface area contributed by atoms with Gasteiger partial charge >= 0.3 is 0 Å². The first-order chi connectivity index (χ1) is 34.6. The van der Waals surface area contributed by atoms with E-state index in [2.05, 4.69) is 244 Å². The van der Waals surface area contributed by atoms with Crippen molar-refractivity contribution in [3.05, 3.63) is 246 Å². The fourth-order valence-electron chi connectivity index (χ4n) is 11.1. The molecule has 0 bridgehead atoms. The molecule has 326 valence electrons. The summed E-state index contributed by atoms with van der Waals surface area (Å²) < 4.78 is 7.57. The Balaban J connectivity index is 0.991. The summed E-state index contributed by atoms with van der Waals surface area (Å²) in [6.45, 7) is 0. The van der Waals surface area contributed by atoms with Crippen molar-refractivity contribution in [1.29, 1.82) is 5.26 Å². The maximum atomic E-state index is 13.8. The summed E-state index contributed by atoms with van der Waals surface area (Å²) in [7, 11) is 0. The molecule has 0 unspecified atom stereocenters. The van der Waals surface area contributed by atoms with Crippen molar-refractivity contribution in [2.24, 2.45) is 0 Å². The van der Waals surface area contributed by atoms with E-state index in [4.69, 9.17) is 0 Å². The van der Waals surface area contributed by atoms with E-state index in [1.807, 2.05) is 0 Å². The summed E-state index contributed by atoms with van der Waals surface area (Å²) in [6, 6.07) is 83.5. The highest BCUT2D eigenvalue weighted by atomic mass is 32.1. The average molecular weight is 911 g/mol. The molecule has 0 radical (unpaired) electrons. The quantitative estimate of drug-likeness (QED) is 0.167. The zero-order valence-corrected chi connectivity index (χ0v) is 38.4. The van der Waals surface area contributed by atoms with Gasteiger partial charge in [-0.2, -0.15) is 5.26 Å². The van der Waals surface area contributed by atoms with E-state index in [0.717, 1.165) is 93.6 Å². The Morgan fingerprint density at radius 2 is 0.671 bits per heavy atom. The van der Waals surface area contributed by atoms with Crippen LogP contribution in [0.15, 0.2) is 235 Å². The number of para-hydroxylation sites is 6. The molecule has 10 aromatic carbocycles. The Bertz CT molecular complexity index is 4380. The van der Waals surface area contributed by atoms with Crippen LogP contribution in [0.2, 0.25) is 0 Å². The van der Waals surface area contributed by atoms with Crippen molar-refractivity contribution in [3.63, 3.8) is 0 Å². The molecular weight excluding hydrogens is 873 g/mol. The van der Waals surface area contributed by atoms with E-state index in [1.165, 1.54) is 49.7 Å². The predicted molar refractivity (Wildman–Crippen MR) is 292 cm³/mol. The van der Waals surface area contributed by atoms with Crippen LogP contribution in [0.25, 0.3) is 126 Å². The fourth-order valence-corrected chi connectivity index (χ4v) is 12.2. The second-order valence-corrected chi connectivity index (χ2v) is 18.9. The SMILES string of the molecule is N#Cc1cc(=O)sc2c(-c3ccc(-n4c5ccccc5c5ccccc54)cc3)c(-c3ccc(-n4c5ccccc5c5ccccc54)cc3)cc(-c3ccc(-n4c5ccccc5c5ccccc54)cc3)c12. The first-order valence-electron chi connectivity index (χ1n) is 23.4. The van der Waals surface area contributed by atoms with Crippen LogP contribution in [-0.4, -0.2) is 13.7 Å². The van der Waals surface area contributed by atoms with Crippen LogP contribution in [-0.2, 0) is 0 Å². The van der Waals surface area contributed by atoms with Crippen LogP contribution in [0.3, 0.4) is 0 Å². The molecule has 0 aliphatic carbocycles. The number of aromatic nitrogens is 3. The van der Waals surface area contributed by atoms with Gasteiger partial charge in [0.15, 0.2) is 0 Å². The Morgan fingerprint density at radius 1 is 0.357 bits per heavy atom. The van der Waals surface area contributed by atoms with Gasteiger partial charge in [0.1, 0.15) is 0 Å². The Morgan fingerprint density at radius 3 is 1.01 bits per heavy atom. The van der Waals surface area contributed by atoms with Gasteiger partial charge in [0, 0.05) is 71.1 Å². The highest BCUT2D eigenvalue weighted by molar-refractivity contribution is 7.17. The third kappa shape index (κ3) is 5.99. The summed E-state index contributed by atoms with van der Waals surface area (Å²) in [5.41, 5.74) is 16.0. The number of nitriles is 1. The number of rotatable bonds is 6. The van der Waals surface area contributed by atoms with Crippen LogP contribution >= 0.6 is 11.3 Å². The molecule has 0 amide bonds. The molecule has 0 spiro atoms. The van der Waals surface area contributed by atoms with E-state index in [0.29, 0.717) is 5.56 Å². The minimum Gasteiger partial charge on any atom is -0.309 e. The van der Waals surface area contributed by atoms with Crippen LogP contribution in [0.5, 0.6) is 0 Å². The lowest BCUT2D eigenvalue weighted by Crippen LogP contribution is -2.00. The minimum atomic E-state index is -0.168. The summed E-state index contributed by atoms with van der Waals surface area (Å²) in [6.07, 6.45) is 0. The summed E-state index contributed by atoms with van der Waals surface area (Å²) in [5, 5.41) is 18.8. The Hall–Kier alpha value is -9.28. The topological polar surface area (TPSA) is 55.6 Å². The molecule has 0 aliphatic heterocycles. The monoisotopic (exact) mass is 910 g/mol. The lowest BCUT2D eigenvalue weighted by molar-refractivity contribution is 1.18. The lowest BCUT2D eigenvalue weighted by Gasteiger charge is -2.19. The van der Waals surface area contributed by atoms with Gasteiger partial charge in [0.05, 0.1) is 44.7 Å². The van der Waals surface area contributed by atoms with Crippen molar-refractivity contribution in [3.8, 4) is 56.5 Å². The lowest BCUT2D eigenvalue weighted by atomic mass is 9.87. The molecule has 0 aliphatic rings. The summed E-state index contributed by atoms with van der Waals surface area (Å²) >= 11 is 1.20. The summed E-state index contributed by atoms with van der Waals surface area (Å²) in [5.74, 6) is 0. The Kier molecular flexibility index (Phi) is 8.91. The van der Waals surface area contributed by atoms with Crippen LogP contribution in [0, 0.1) is 11.3 Å². The number of fused-ring (bicyclic) bond motifs is 10. The van der Waals surface area contributed by atoms with Crippen molar-refractivity contribution in [1.82, 2.24) is 13.7 Å². The third-order valence-electron chi connectivity index (χ3n) is 14.2. The molecule has 14 rings (SSSR count). The third-order valence-corrected chi connectivity index (χ3v) is 15.1. The average Bonchev–Trinajstić information content (AvgIpc) is 4.06. The molecule has 0 N–H and O–H groups in total. The minimum absolute atomic E-state index is 0.168. The van der Waals surface area contributed by atoms with Crippen molar-refractivity contribution >= 4 is 86.8 Å². The highest BCUT2D eigenvalue weighted by Gasteiger charge is 2.22. The zero-order chi connectivity index (χ0) is 46.5. The molecule has 5 nitrogen and oxygen atoms in total. The Labute approximate surface area is 405 Å². The van der Waals surface area contributed by atoms with Crippen LogP contribution in [0.1, 0.15) is 5.56 Å². The maximum Gasteiger partial charge on any atom is 0.234 e. The van der Waals surface area contributed by atoms with Crippen LogP contribution in [0.4, 0.5) is 0 Å². The zero-order valence-electron chi connectivity index (χ0n) is 37.5. The molecule has 0 saturated carbocycles. The van der Waals surface area contributed by atoms with Gasteiger partial charge in [-0.3, -0.25) is 4.79 Å². The molecule has 4 heterocycles. The van der Waals surface area contributed by atoms with E-state index >= 15 is 0 Å². The molecule has 0 fully saturated rings. The van der Waals surface area contributed by atoms with Crippen molar-refractivity contribution < 1.29 is 0 Å². The molecular formula is C64H38N4OS. The highest BCUT2D eigenvalue weighted by Crippen LogP contribution is 2.46. The van der Waals surface area contributed by atoms with Gasteiger partial charge in [-0.1, -0.05) is 157 Å². The van der Waals surface area contributed by atoms with Gasteiger partial charge in [-0.05, 0) is 107 Å². The molecule has 0 saturated heterocycles. The van der Waals surface area contributed by atoms with E-state index in [1.54, 1.807) is 0 Å². The smallest absolute Gasteiger partial charge is 0.234 e. The number of hydrogen-bond donors (Lipinski definition) is 0.